The number of nitrogens with one attached hydrogen (secondary N) is 2. The van der Waals surface area contributed by atoms with Gasteiger partial charge in [-0.25, -0.2) is 0 Å². The van der Waals surface area contributed by atoms with Crippen molar-refractivity contribution in [1.82, 2.24) is 20.0 Å². The lowest BCUT2D eigenvalue weighted by atomic mass is 9.94. The number of hydrogen-bond acceptors (Lipinski definition) is 3. The van der Waals surface area contributed by atoms with Crippen LogP contribution < -0.4 is 15.1 Å². The van der Waals surface area contributed by atoms with Crippen molar-refractivity contribution in [3.8, 4) is 0 Å². The molecule has 2 fully saturated rings. The van der Waals surface area contributed by atoms with E-state index in [0.717, 1.165) is 37.2 Å². The average Bonchev–Trinajstić information content (AvgIpc) is 2.52. The molecule has 4 heteroatoms. The van der Waals surface area contributed by atoms with Crippen molar-refractivity contribution < 1.29 is 0 Å². The van der Waals surface area contributed by atoms with Gasteiger partial charge in [0.2, 0.25) is 0 Å². The standard InChI is InChI=1S/C17H29N4/c1-17(14-19-8-11-20(17)2)15-21(12-9-18-10-13-21)16-6-4-3-5-7-16/h3-7,18-19H,8-15H2,1-2H3/q+1/t17-/m0/s1. The zero-order valence-electron chi connectivity index (χ0n) is 13.4. The fourth-order valence-corrected chi connectivity index (χ4v) is 3.91. The molecular weight excluding hydrogens is 260 g/mol. The highest BCUT2D eigenvalue weighted by molar-refractivity contribution is 5.43. The van der Waals surface area contributed by atoms with Crippen LogP contribution in [0.2, 0.25) is 0 Å². The van der Waals surface area contributed by atoms with E-state index in [-0.39, 0.29) is 5.54 Å². The Hall–Kier alpha value is -0.940. The maximum Gasteiger partial charge on any atom is 0.132 e. The summed E-state index contributed by atoms with van der Waals surface area (Å²) in [5, 5.41) is 7.12. The van der Waals surface area contributed by atoms with E-state index in [1.165, 1.54) is 25.3 Å². The molecule has 2 saturated heterocycles. The maximum atomic E-state index is 3.60. The molecule has 116 valence electrons. The normalized spacial score (nSPS) is 30.2. The van der Waals surface area contributed by atoms with Crippen LogP contribution in [-0.2, 0) is 0 Å². The van der Waals surface area contributed by atoms with Crippen molar-refractivity contribution in [3.63, 3.8) is 0 Å². The van der Waals surface area contributed by atoms with Crippen molar-refractivity contribution in [3.05, 3.63) is 30.3 Å². The number of benzene rings is 1. The maximum absolute atomic E-state index is 3.60. The summed E-state index contributed by atoms with van der Waals surface area (Å²) in [5.41, 5.74) is 1.70. The predicted molar refractivity (Wildman–Crippen MR) is 89.6 cm³/mol. The van der Waals surface area contributed by atoms with Crippen molar-refractivity contribution >= 4 is 5.69 Å². The van der Waals surface area contributed by atoms with E-state index in [1.807, 2.05) is 0 Å². The average molecular weight is 289 g/mol. The Balaban J connectivity index is 1.89. The summed E-state index contributed by atoms with van der Waals surface area (Å²) < 4.78 is 1.11. The highest BCUT2D eigenvalue weighted by Gasteiger charge is 2.43. The third-order valence-corrected chi connectivity index (χ3v) is 5.43. The van der Waals surface area contributed by atoms with Crippen LogP contribution in [-0.4, -0.2) is 69.8 Å². The van der Waals surface area contributed by atoms with Crippen LogP contribution in [0, 0.1) is 0 Å². The van der Waals surface area contributed by atoms with E-state index in [4.69, 9.17) is 0 Å². The fraction of sp³-hybridized carbons (Fsp3) is 0.647. The summed E-state index contributed by atoms with van der Waals surface area (Å²) >= 11 is 0. The topological polar surface area (TPSA) is 27.3 Å². The van der Waals surface area contributed by atoms with Crippen molar-refractivity contribution in [2.24, 2.45) is 0 Å². The largest absolute Gasteiger partial charge is 0.313 e. The number of rotatable bonds is 3. The third-order valence-electron chi connectivity index (χ3n) is 5.43. The Bertz CT molecular complexity index is 455. The van der Waals surface area contributed by atoms with Gasteiger partial charge < -0.3 is 10.6 Å². The monoisotopic (exact) mass is 289 g/mol. The van der Waals surface area contributed by atoms with Crippen LogP contribution in [0.1, 0.15) is 6.92 Å². The van der Waals surface area contributed by atoms with Crippen molar-refractivity contribution in [2.45, 2.75) is 12.5 Å². The van der Waals surface area contributed by atoms with Crippen LogP contribution in [0.4, 0.5) is 5.69 Å². The minimum atomic E-state index is 0.228. The number of piperazine rings is 2. The second kappa shape index (κ2) is 6.05. The van der Waals surface area contributed by atoms with E-state index in [1.54, 1.807) is 0 Å². The first-order valence-electron chi connectivity index (χ1n) is 8.19. The Morgan fingerprint density at radius 1 is 1.10 bits per heavy atom. The van der Waals surface area contributed by atoms with Gasteiger partial charge in [0.1, 0.15) is 12.2 Å². The molecule has 1 atom stereocenters. The summed E-state index contributed by atoms with van der Waals surface area (Å²) in [6.45, 7) is 11.5. The Morgan fingerprint density at radius 3 is 2.48 bits per heavy atom. The lowest BCUT2D eigenvalue weighted by Crippen LogP contribution is -2.71. The number of hydrogen-bond donors (Lipinski definition) is 2. The molecule has 0 aliphatic carbocycles. The minimum Gasteiger partial charge on any atom is -0.313 e. The summed E-state index contributed by atoms with van der Waals surface area (Å²) in [6, 6.07) is 11.1. The Labute approximate surface area is 128 Å². The summed E-state index contributed by atoms with van der Waals surface area (Å²) in [5.74, 6) is 0. The molecule has 2 heterocycles. The van der Waals surface area contributed by atoms with Crippen molar-refractivity contribution in [1.29, 1.82) is 0 Å². The van der Waals surface area contributed by atoms with E-state index in [9.17, 15) is 0 Å². The zero-order chi connectivity index (χ0) is 14.8. The second-order valence-corrected chi connectivity index (χ2v) is 6.93. The zero-order valence-corrected chi connectivity index (χ0v) is 13.4. The van der Waals surface area contributed by atoms with Crippen LogP contribution in [0.15, 0.2) is 30.3 Å². The molecule has 2 N–H and O–H groups in total. The number of quaternary nitrogens is 1. The third kappa shape index (κ3) is 2.99. The lowest BCUT2D eigenvalue weighted by Gasteiger charge is -2.50. The smallest absolute Gasteiger partial charge is 0.132 e. The minimum absolute atomic E-state index is 0.228. The van der Waals surface area contributed by atoms with E-state index in [2.05, 4.69) is 59.8 Å². The molecular formula is C17H29N4+. The molecule has 0 saturated carbocycles. The summed E-state index contributed by atoms with van der Waals surface area (Å²) in [6.07, 6.45) is 0. The van der Waals surface area contributed by atoms with Gasteiger partial charge in [0, 0.05) is 32.7 Å². The van der Waals surface area contributed by atoms with Gasteiger partial charge in [-0.3, -0.25) is 9.38 Å². The summed E-state index contributed by atoms with van der Waals surface area (Å²) in [7, 11) is 2.28. The van der Waals surface area contributed by atoms with Gasteiger partial charge in [0.25, 0.3) is 0 Å². The molecule has 0 amide bonds. The van der Waals surface area contributed by atoms with Gasteiger partial charge in [-0.2, -0.15) is 0 Å². The molecule has 0 aromatic heterocycles. The Kier molecular flexibility index (Phi) is 4.31. The van der Waals surface area contributed by atoms with Gasteiger partial charge in [-0.1, -0.05) is 18.2 Å². The number of likely N-dealkylation sites (N-methyl/N-ethyl adjacent to an activating group) is 1. The first-order valence-corrected chi connectivity index (χ1v) is 8.19. The molecule has 0 bridgehead atoms. The van der Waals surface area contributed by atoms with Gasteiger partial charge >= 0.3 is 0 Å². The number of nitrogens with zero attached hydrogens (tertiary/aromatic N) is 2. The number of para-hydroxylation sites is 1. The molecule has 1 aromatic carbocycles. The quantitative estimate of drug-likeness (QED) is 0.809. The molecule has 21 heavy (non-hydrogen) atoms. The van der Waals surface area contributed by atoms with Crippen LogP contribution in [0.3, 0.4) is 0 Å². The Morgan fingerprint density at radius 2 is 1.81 bits per heavy atom. The van der Waals surface area contributed by atoms with E-state index >= 15 is 0 Å². The van der Waals surface area contributed by atoms with Crippen molar-refractivity contribution in [2.75, 3.05) is 59.4 Å². The molecule has 4 nitrogen and oxygen atoms in total. The first-order chi connectivity index (χ1) is 10.1. The second-order valence-electron chi connectivity index (χ2n) is 6.93. The van der Waals surface area contributed by atoms with Crippen LogP contribution in [0.5, 0.6) is 0 Å². The van der Waals surface area contributed by atoms with Crippen LogP contribution >= 0.6 is 0 Å². The van der Waals surface area contributed by atoms with Gasteiger partial charge in [-0.15, -0.1) is 0 Å². The highest BCUT2D eigenvalue weighted by Crippen LogP contribution is 2.29. The molecule has 0 unspecified atom stereocenters. The van der Waals surface area contributed by atoms with Crippen LogP contribution in [0.25, 0.3) is 0 Å². The SMILES string of the molecule is CN1CCNC[C@@]1(C)C[N+]1(c2ccccc2)CCNCC1. The van der Waals surface area contributed by atoms with E-state index in [0.29, 0.717) is 0 Å². The molecule has 0 radical (unpaired) electrons. The molecule has 3 rings (SSSR count). The fourth-order valence-electron chi connectivity index (χ4n) is 3.91. The molecule has 2 aliphatic rings. The lowest BCUT2D eigenvalue weighted by molar-refractivity contribution is 0.0583. The highest BCUT2D eigenvalue weighted by atomic mass is 15.4. The van der Waals surface area contributed by atoms with Gasteiger partial charge in [0.15, 0.2) is 0 Å². The summed E-state index contributed by atoms with van der Waals surface area (Å²) in [4.78, 5) is 2.55. The van der Waals surface area contributed by atoms with E-state index < -0.39 is 0 Å². The predicted octanol–water partition coefficient (Wildman–Crippen LogP) is 0.891. The molecule has 1 aromatic rings. The van der Waals surface area contributed by atoms with Gasteiger partial charge in [0.05, 0.1) is 18.6 Å². The molecule has 0 spiro atoms. The van der Waals surface area contributed by atoms with Gasteiger partial charge in [-0.05, 0) is 26.1 Å². The first kappa shape index (κ1) is 15.0. The molecule has 2 aliphatic heterocycles.